The van der Waals surface area contributed by atoms with Gasteiger partial charge in [-0.05, 0) is 31.5 Å². The van der Waals surface area contributed by atoms with Crippen molar-refractivity contribution in [1.82, 2.24) is 25.4 Å². The summed E-state index contributed by atoms with van der Waals surface area (Å²) in [4.78, 5) is 10.7. The first-order chi connectivity index (χ1) is 12.2. The van der Waals surface area contributed by atoms with Crippen LogP contribution in [-0.4, -0.2) is 46.4 Å². The lowest BCUT2D eigenvalue weighted by Gasteiger charge is -2.19. The molecule has 0 aliphatic carbocycles. The summed E-state index contributed by atoms with van der Waals surface area (Å²) in [5.74, 6) is 0.903. The van der Waals surface area contributed by atoms with Gasteiger partial charge in [-0.3, -0.25) is 4.68 Å². The van der Waals surface area contributed by atoms with Gasteiger partial charge in [0.2, 0.25) is 0 Å². The number of hydrogen-bond acceptors (Lipinski definition) is 4. The molecule has 25 heavy (non-hydrogen) atoms. The van der Waals surface area contributed by atoms with Gasteiger partial charge in [0.1, 0.15) is 0 Å². The lowest BCUT2D eigenvalue weighted by molar-refractivity contribution is 0.612. The van der Waals surface area contributed by atoms with E-state index in [1.54, 1.807) is 18.5 Å². The van der Waals surface area contributed by atoms with E-state index in [1.165, 1.54) is 6.07 Å². The van der Waals surface area contributed by atoms with Crippen molar-refractivity contribution in [2.24, 2.45) is 12.0 Å². The van der Waals surface area contributed by atoms with E-state index < -0.39 is 0 Å². The van der Waals surface area contributed by atoms with Crippen molar-refractivity contribution in [3.8, 4) is 0 Å². The van der Waals surface area contributed by atoms with E-state index in [4.69, 9.17) is 0 Å². The third-order valence-electron chi connectivity index (χ3n) is 4.23. The average Bonchev–Trinajstić information content (AvgIpc) is 3.22. The summed E-state index contributed by atoms with van der Waals surface area (Å²) in [6.07, 6.45) is 4.30. The molecule has 1 fully saturated rings. The van der Waals surface area contributed by atoms with E-state index in [1.807, 2.05) is 29.6 Å². The number of halogens is 1. The van der Waals surface area contributed by atoms with Gasteiger partial charge >= 0.3 is 0 Å². The summed E-state index contributed by atoms with van der Waals surface area (Å²) in [5.41, 5.74) is 1.04. The lowest BCUT2D eigenvalue weighted by atomic mass is 10.3. The molecule has 0 spiro atoms. The van der Waals surface area contributed by atoms with Gasteiger partial charge < -0.3 is 15.5 Å². The van der Waals surface area contributed by atoms with Crippen molar-refractivity contribution >= 4 is 11.8 Å². The molecule has 0 aromatic carbocycles. The Labute approximate surface area is 147 Å². The summed E-state index contributed by atoms with van der Waals surface area (Å²) >= 11 is 0. The van der Waals surface area contributed by atoms with Gasteiger partial charge in [-0.25, -0.2) is 14.4 Å². The first-order valence-corrected chi connectivity index (χ1v) is 8.54. The average molecular weight is 345 g/mol. The van der Waals surface area contributed by atoms with Crippen LogP contribution in [0.5, 0.6) is 0 Å². The van der Waals surface area contributed by atoms with E-state index in [0.29, 0.717) is 18.9 Å². The number of pyridine rings is 1. The molecule has 0 amide bonds. The first kappa shape index (κ1) is 17.2. The summed E-state index contributed by atoms with van der Waals surface area (Å²) in [6, 6.07) is 5.21. The van der Waals surface area contributed by atoms with E-state index >= 15 is 0 Å². The number of hydrogen-bond donors (Lipinski definition) is 2. The van der Waals surface area contributed by atoms with Gasteiger partial charge in [0.05, 0.1) is 12.2 Å². The van der Waals surface area contributed by atoms with Gasteiger partial charge in [0.15, 0.2) is 17.6 Å². The predicted molar refractivity (Wildman–Crippen MR) is 96.0 cm³/mol. The maximum atomic E-state index is 13.9. The molecule has 1 unspecified atom stereocenters. The van der Waals surface area contributed by atoms with Crippen molar-refractivity contribution in [3.05, 3.63) is 42.1 Å². The Bertz CT molecular complexity index is 727. The normalized spacial score (nSPS) is 17.8. The van der Waals surface area contributed by atoms with Gasteiger partial charge in [0, 0.05) is 45.1 Å². The molecule has 7 nitrogen and oxygen atoms in total. The summed E-state index contributed by atoms with van der Waals surface area (Å²) in [6.45, 7) is 4.84. The Morgan fingerprint density at radius 2 is 2.28 bits per heavy atom. The molecule has 2 aromatic rings. The van der Waals surface area contributed by atoms with Gasteiger partial charge in [0.25, 0.3) is 0 Å². The fourth-order valence-electron chi connectivity index (χ4n) is 2.91. The molecule has 0 saturated carbocycles. The van der Waals surface area contributed by atoms with Crippen LogP contribution in [0.2, 0.25) is 0 Å². The van der Waals surface area contributed by atoms with E-state index in [-0.39, 0.29) is 11.9 Å². The highest BCUT2D eigenvalue weighted by atomic mass is 19.1. The highest BCUT2D eigenvalue weighted by Crippen LogP contribution is 2.20. The monoisotopic (exact) mass is 345 g/mol. The van der Waals surface area contributed by atoms with Gasteiger partial charge in [-0.1, -0.05) is 0 Å². The molecule has 1 aliphatic rings. The number of rotatable bonds is 5. The van der Waals surface area contributed by atoms with Crippen molar-refractivity contribution < 1.29 is 4.39 Å². The standard InChI is InChI=1S/C17H24FN7/c1-3-19-17(21-11-14-6-9-22-24(14)2)23-13-7-10-25(12-13)16-15(18)5-4-8-20-16/h4-6,8-9,13H,3,7,10-12H2,1-2H3,(H2,19,21,23). The fraction of sp³-hybridized carbons (Fsp3) is 0.471. The maximum Gasteiger partial charge on any atom is 0.191 e. The lowest BCUT2D eigenvalue weighted by Crippen LogP contribution is -2.44. The molecule has 1 aliphatic heterocycles. The van der Waals surface area contributed by atoms with Crippen molar-refractivity contribution in [2.75, 3.05) is 24.5 Å². The van der Waals surface area contributed by atoms with Crippen LogP contribution < -0.4 is 15.5 Å². The minimum absolute atomic E-state index is 0.200. The van der Waals surface area contributed by atoms with E-state index in [9.17, 15) is 4.39 Å². The topological polar surface area (TPSA) is 70.4 Å². The van der Waals surface area contributed by atoms with Crippen LogP contribution in [-0.2, 0) is 13.6 Å². The van der Waals surface area contributed by atoms with Crippen LogP contribution in [0.3, 0.4) is 0 Å². The van der Waals surface area contributed by atoms with Crippen LogP contribution >= 0.6 is 0 Å². The van der Waals surface area contributed by atoms with Crippen LogP contribution in [0, 0.1) is 5.82 Å². The Kier molecular flexibility index (Phi) is 5.47. The van der Waals surface area contributed by atoms with Crippen LogP contribution in [0.1, 0.15) is 19.0 Å². The van der Waals surface area contributed by atoms with E-state index in [0.717, 1.165) is 31.2 Å². The maximum absolute atomic E-state index is 13.9. The van der Waals surface area contributed by atoms with Gasteiger partial charge in [-0.2, -0.15) is 5.10 Å². The third-order valence-corrected chi connectivity index (χ3v) is 4.23. The smallest absolute Gasteiger partial charge is 0.191 e. The van der Waals surface area contributed by atoms with Crippen LogP contribution in [0.4, 0.5) is 10.2 Å². The van der Waals surface area contributed by atoms with Crippen LogP contribution in [0.15, 0.2) is 35.6 Å². The minimum atomic E-state index is -0.278. The zero-order valence-corrected chi connectivity index (χ0v) is 14.6. The second-order valence-corrected chi connectivity index (χ2v) is 6.03. The fourth-order valence-corrected chi connectivity index (χ4v) is 2.91. The first-order valence-electron chi connectivity index (χ1n) is 8.54. The molecule has 134 valence electrons. The van der Waals surface area contributed by atoms with Crippen molar-refractivity contribution in [3.63, 3.8) is 0 Å². The quantitative estimate of drug-likeness (QED) is 0.631. The largest absolute Gasteiger partial charge is 0.357 e. The van der Waals surface area contributed by atoms with Crippen LogP contribution in [0.25, 0.3) is 0 Å². The number of nitrogens with zero attached hydrogens (tertiary/aromatic N) is 5. The second-order valence-electron chi connectivity index (χ2n) is 6.03. The number of aryl methyl sites for hydroxylation is 1. The Hall–Kier alpha value is -2.64. The Balaban J connectivity index is 1.61. The Morgan fingerprint density at radius 3 is 3.00 bits per heavy atom. The highest BCUT2D eigenvalue weighted by molar-refractivity contribution is 5.80. The molecule has 0 radical (unpaired) electrons. The van der Waals surface area contributed by atoms with E-state index in [2.05, 4.69) is 25.7 Å². The summed E-state index contributed by atoms with van der Waals surface area (Å²) in [7, 11) is 1.90. The molecular formula is C17H24FN7. The third kappa shape index (κ3) is 4.26. The summed E-state index contributed by atoms with van der Waals surface area (Å²) in [5, 5.41) is 10.8. The number of aliphatic imine (C=N–C) groups is 1. The molecule has 2 N–H and O–H groups in total. The molecule has 2 aromatic heterocycles. The molecule has 0 bridgehead atoms. The zero-order chi connectivity index (χ0) is 17.6. The predicted octanol–water partition coefficient (Wildman–Crippen LogP) is 1.29. The highest BCUT2D eigenvalue weighted by Gasteiger charge is 2.25. The molecule has 1 atom stereocenters. The minimum Gasteiger partial charge on any atom is -0.357 e. The molecular weight excluding hydrogens is 321 g/mol. The molecule has 1 saturated heterocycles. The second kappa shape index (κ2) is 7.96. The van der Waals surface area contributed by atoms with Gasteiger partial charge in [-0.15, -0.1) is 0 Å². The zero-order valence-electron chi connectivity index (χ0n) is 14.6. The Morgan fingerprint density at radius 1 is 1.40 bits per heavy atom. The molecule has 3 rings (SSSR count). The number of nitrogens with one attached hydrogen (secondary N) is 2. The SMILES string of the molecule is CCNC(=NCc1ccnn1C)NC1CCN(c2ncccc2F)C1. The summed E-state index contributed by atoms with van der Waals surface area (Å²) < 4.78 is 15.7. The van der Waals surface area contributed by atoms with Crippen molar-refractivity contribution in [1.29, 1.82) is 0 Å². The molecule has 8 heteroatoms. The molecule has 3 heterocycles. The number of anilines is 1. The number of aromatic nitrogens is 3. The number of guanidine groups is 1. The van der Waals surface area contributed by atoms with Crippen molar-refractivity contribution in [2.45, 2.75) is 25.9 Å².